The fraction of sp³-hybridized carbons (Fsp3) is 1.00. The number of rotatable bonds is 6. The summed E-state index contributed by atoms with van der Waals surface area (Å²) in [6, 6.07) is 1.33. The maximum Gasteiger partial charge on any atom is 0.0623 e. The number of hydrogen-bond acceptors (Lipinski definition) is 4. The fourth-order valence-corrected chi connectivity index (χ4v) is 2.73. The Kier molecular flexibility index (Phi) is 4.08. The second-order valence-electron chi connectivity index (χ2n) is 6.28. The molecular formula is C13H27N3O. The normalized spacial score (nSPS) is 29.8. The predicted molar refractivity (Wildman–Crippen MR) is 70.2 cm³/mol. The lowest BCUT2D eigenvalue weighted by molar-refractivity contribution is 0.126. The molecule has 1 aliphatic carbocycles. The lowest BCUT2D eigenvalue weighted by Crippen LogP contribution is -2.54. The first kappa shape index (κ1) is 13.3. The summed E-state index contributed by atoms with van der Waals surface area (Å²) in [5.41, 5.74) is -0.123. The Hall–Kier alpha value is -0.160. The van der Waals surface area contributed by atoms with Gasteiger partial charge in [-0.1, -0.05) is 0 Å². The Morgan fingerprint density at radius 3 is 2.53 bits per heavy atom. The highest BCUT2D eigenvalue weighted by atomic mass is 16.3. The molecule has 0 aromatic carbocycles. The molecule has 0 amide bonds. The van der Waals surface area contributed by atoms with Gasteiger partial charge in [-0.05, 0) is 46.8 Å². The minimum absolute atomic E-state index is 0.123. The molecule has 0 spiro atoms. The summed E-state index contributed by atoms with van der Waals surface area (Å²) >= 11 is 0. The van der Waals surface area contributed by atoms with E-state index in [0.717, 1.165) is 19.6 Å². The van der Waals surface area contributed by atoms with Gasteiger partial charge in [-0.3, -0.25) is 4.90 Å². The molecule has 2 fully saturated rings. The topological polar surface area (TPSA) is 38.7 Å². The minimum Gasteiger partial charge on any atom is -0.394 e. The smallest absolute Gasteiger partial charge is 0.0623 e. The molecule has 4 nitrogen and oxygen atoms in total. The van der Waals surface area contributed by atoms with Crippen molar-refractivity contribution in [1.82, 2.24) is 15.1 Å². The Bertz CT molecular complexity index is 255. The van der Waals surface area contributed by atoms with Crippen LogP contribution in [0.2, 0.25) is 0 Å². The van der Waals surface area contributed by atoms with Crippen molar-refractivity contribution in [2.24, 2.45) is 0 Å². The maximum absolute atomic E-state index is 9.60. The summed E-state index contributed by atoms with van der Waals surface area (Å²) < 4.78 is 0. The Morgan fingerprint density at radius 2 is 2.06 bits per heavy atom. The first-order valence-corrected chi connectivity index (χ1v) is 6.80. The molecule has 2 atom stereocenters. The minimum atomic E-state index is -0.123. The van der Waals surface area contributed by atoms with Crippen LogP contribution in [0.4, 0.5) is 0 Å². The average molecular weight is 241 g/mol. The molecule has 17 heavy (non-hydrogen) atoms. The highest BCUT2D eigenvalue weighted by Crippen LogP contribution is 2.24. The first-order valence-electron chi connectivity index (χ1n) is 6.80. The summed E-state index contributed by atoms with van der Waals surface area (Å²) in [5, 5.41) is 13.2. The monoisotopic (exact) mass is 241 g/mol. The number of likely N-dealkylation sites (N-methyl/N-ethyl adjacent to an activating group) is 1. The summed E-state index contributed by atoms with van der Waals surface area (Å²) in [4.78, 5) is 4.79. The van der Waals surface area contributed by atoms with Crippen molar-refractivity contribution in [1.29, 1.82) is 0 Å². The zero-order chi connectivity index (χ0) is 12.5. The van der Waals surface area contributed by atoms with Gasteiger partial charge in [0.05, 0.1) is 12.1 Å². The number of aliphatic hydroxyl groups excluding tert-OH is 1. The van der Waals surface area contributed by atoms with E-state index < -0.39 is 0 Å². The molecule has 2 aliphatic rings. The van der Waals surface area contributed by atoms with E-state index >= 15 is 0 Å². The number of aliphatic hydroxyl groups is 1. The molecule has 1 aliphatic heterocycles. The molecular weight excluding hydrogens is 214 g/mol. The van der Waals surface area contributed by atoms with Crippen molar-refractivity contribution in [2.75, 3.05) is 40.3 Å². The highest BCUT2D eigenvalue weighted by Gasteiger charge is 2.35. The van der Waals surface area contributed by atoms with E-state index in [4.69, 9.17) is 0 Å². The molecule has 0 aromatic rings. The molecule has 0 aromatic heterocycles. The molecule has 2 unspecified atom stereocenters. The molecule has 1 saturated carbocycles. The molecule has 2 rings (SSSR count). The predicted octanol–water partition coefficient (Wildman–Crippen LogP) is 0.125. The lowest BCUT2D eigenvalue weighted by atomic mass is 10.0. The van der Waals surface area contributed by atoms with Crippen molar-refractivity contribution in [3.05, 3.63) is 0 Å². The van der Waals surface area contributed by atoms with Gasteiger partial charge in [-0.25, -0.2) is 0 Å². The van der Waals surface area contributed by atoms with E-state index in [1.54, 1.807) is 0 Å². The van der Waals surface area contributed by atoms with Crippen molar-refractivity contribution in [2.45, 2.75) is 43.8 Å². The van der Waals surface area contributed by atoms with Gasteiger partial charge in [0.1, 0.15) is 0 Å². The van der Waals surface area contributed by atoms with E-state index in [0.29, 0.717) is 12.1 Å². The highest BCUT2D eigenvalue weighted by molar-refractivity contribution is 4.96. The quantitative estimate of drug-likeness (QED) is 0.693. The van der Waals surface area contributed by atoms with Gasteiger partial charge in [-0.2, -0.15) is 0 Å². The lowest BCUT2D eigenvalue weighted by Gasteiger charge is -2.33. The van der Waals surface area contributed by atoms with E-state index in [1.807, 2.05) is 0 Å². The van der Waals surface area contributed by atoms with Gasteiger partial charge < -0.3 is 15.3 Å². The van der Waals surface area contributed by atoms with E-state index in [9.17, 15) is 5.11 Å². The van der Waals surface area contributed by atoms with Crippen molar-refractivity contribution >= 4 is 0 Å². The molecule has 1 saturated heterocycles. The third kappa shape index (κ3) is 3.65. The molecule has 0 bridgehead atoms. The Morgan fingerprint density at radius 1 is 1.35 bits per heavy atom. The molecule has 100 valence electrons. The van der Waals surface area contributed by atoms with Crippen LogP contribution in [0, 0.1) is 0 Å². The summed E-state index contributed by atoms with van der Waals surface area (Å²) in [6.07, 6.45) is 3.80. The summed E-state index contributed by atoms with van der Waals surface area (Å²) in [6.45, 7) is 5.63. The largest absolute Gasteiger partial charge is 0.394 e. The third-order valence-corrected chi connectivity index (χ3v) is 4.03. The van der Waals surface area contributed by atoms with Crippen LogP contribution in [-0.2, 0) is 0 Å². The Labute approximate surface area is 105 Å². The van der Waals surface area contributed by atoms with Crippen molar-refractivity contribution in [3.63, 3.8) is 0 Å². The first-order chi connectivity index (χ1) is 8.02. The van der Waals surface area contributed by atoms with Crippen LogP contribution in [0.5, 0.6) is 0 Å². The van der Waals surface area contributed by atoms with Gasteiger partial charge in [0.25, 0.3) is 0 Å². The van der Waals surface area contributed by atoms with Crippen LogP contribution in [0.15, 0.2) is 0 Å². The standard InChI is InChI=1S/C13H27N3O/c1-13(10-17,14-11-4-5-11)9-16-7-6-12(8-16)15(2)3/h11-12,14,17H,4-10H2,1-3H3. The maximum atomic E-state index is 9.60. The van der Waals surface area contributed by atoms with Crippen LogP contribution >= 0.6 is 0 Å². The van der Waals surface area contributed by atoms with Crippen LogP contribution in [0.3, 0.4) is 0 Å². The number of nitrogens with zero attached hydrogens (tertiary/aromatic N) is 2. The molecule has 1 heterocycles. The van der Waals surface area contributed by atoms with Crippen molar-refractivity contribution < 1.29 is 5.11 Å². The molecule has 2 N–H and O–H groups in total. The summed E-state index contributed by atoms with van der Waals surface area (Å²) in [7, 11) is 4.31. The SMILES string of the molecule is CN(C)C1CCN(CC(C)(CO)NC2CC2)C1. The van der Waals surface area contributed by atoms with Crippen LogP contribution in [-0.4, -0.2) is 72.9 Å². The average Bonchev–Trinajstić information content (AvgIpc) is 2.94. The number of likely N-dealkylation sites (tertiary alicyclic amines) is 1. The van der Waals surface area contributed by atoms with Crippen LogP contribution < -0.4 is 5.32 Å². The molecule has 0 radical (unpaired) electrons. The van der Waals surface area contributed by atoms with Crippen LogP contribution in [0.25, 0.3) is 0 Å². The van der Waals surface area contributed by atoms with Gasteiger partial charge in [0, 0.05) is 25.2 Å². The Balaban J connectivity index is 1.82. The van der Waals surface area contributed by atoms with E-state index in [-0.39, 0.29) is 12.1 Å². The van der Waals surface area contributed by atoms with Gasteiger partial charge in [0.2, 0.25) is 0 Å². The summed E-state index contributed by atoms with van der Waals surface area (Å²) in [5.74, 6) is 0. The second kappa shape index (κ2) is 5.22. The van der Waals surface area contributed by atoms with Crippen molar-refractivity contribution in [3.8, 4) is 0 Å². The van der Waals surface area contributed by atoms with Gasteiger partial charge in [0.15, 0.2) is 0 Å². The van der Waals surface area contributed by atoms with Crippen LogP contribution in [0.1, 0.15) is 26.2 Å². The zero-order valence-electron chi connectivity index (χ0n) is 11.4. The second-order valence-corrected chi connectivity index (χ2v) is 6.28. The molecule has 4 heteroatoms. The third-order valence-electron chi connectivity index (χ3n) is 4.03. The fourth-order valence-electron chi connectivity index (χ4n) is 2.73. The van der Waals surface area contributed by atoms with Gasteiger partial charge >= 0.3 is 0 Å². The zero-order valence-corrected chi connectivity index (χ0v) is 11.4. The van der Waals surface area contributed by atoms with E-state index in [1.165, 1.54) is 19.3 Å². The van der Waals surface area contributed by atoms with Gasteiger partial charge in [-0.15, -0.1) is 0 Å². The number of nitrogens with one attached hydrogen (secondary N) is 1. The number of hydrogen-bond donors (Lipinski definition) is 2. The van der Waals surface area contributed by atoms with E-state index in [2.05, 4.69) is 36.1 Å².